The van der Waals surface area contributed by atoms with Gasteiger partial charge >= 0.3 is 0 Å². The Morgan fingerprint density at radius 1 is 1.07 bits per heavy atom. The molecule has 1 saturated carbocycles. The van der Waals surface area contributed by atoms with Crippen LogP contribution in [0.3, 0.4) is 0 Å². The summed E-state index contributed by atoms with van der Waals surface area (Å²) in [5.74, 6) is -0.349. The van der Waals surface area contributed by atoms with Gasteiger partial charge in [0.25, 0.3) is 21.6 Å². The molecule has 0 unspecified atom stereocenters. The van der Waals surface area contributed by atoms with Gasteiger partial charge in [0.15, 0.2) is 0 Å². The molecule has 3 rings (SSSR count). The fourth-order valence-corrected chi connectivity index (χ4v) is 4.49. The van der Waals surface area contributed by atoms with Crippen LogP contribution in [-0.4, -0.2) is 25.3 Å². The third-order valence-corrected chi connectivity index (χ3v) is 6.49. The first-order valence-corrected chi connectivity index (χ1v) is 11.0. The van der Waals surface area contributed by atoms with Gasteiger partial charge in [-0.15, -0.1) is 0 Å². The van der Waals surface area contributed by atoms with Gasteiger partial charge in [-0.05, 0) is 43.2 Å². The number of benzene rings is 2. The van der Waals surface area contributed by atoms with E-state index in [4.69, 9.17) is 11.6 Å². The van der Waals surface area contributed by atoms with Gasteiger partial charge in [0, 0.05) is 23.9 Å². The van der Waals surface area contributed by atoms with E-state index in [-0.39, 0.29) is 38.8 Å². The molecule has 0 heterocycles. The molecule has 1 fully saturated rings. The molecule has 0 atom stereocenters. The van der Waals surface area contributed by atoms with Crippen LogP contribution in [0.4, 0.5) is 11.4 Å². The van der Waals surface area contributed by atoms with Crippen molar-refractivity contribution in [2.45, 2.75) is 43.0 Å². The van der Waals surface area contributed by atoms with Crippen LogP contribution in [0.15, 0.2) is 47.4 Å². The topological polar surface area (TPSA) is 118 Å². The number of nitrogens with one attached hydrogen (secondary N) is 2. The van der Waals surface area contributed by atoms with Crippen LogP contribution in [0.5, 0.6) is 0 Å². The second kappa shape index (κ2) is 8.79. The van der Waals surface area contributed by atoms with E-state index in [1.807, 2.05) is 0 Å². The summed E-state index contributed by atoms with van der Waals surface area (Å²) in [6.45, 7) is 0. The van der Waals surface area contributed by atoms with Crippen molar-refractivity contribution in [3.05, 3.63) is 63.2 Å². The first-order valence-electron chi connectivity index (χ1n) is 9.14. The molecule has 0 aromatic heterocycles. The summed E-state index contributed by atoms with van der Waals surface area (Å²) in [5.41, 5.74) is 0.139. The maximum atomic E-state index is 12.6. The van der Waals surface area contributed by atoms with Crippen LogP contribution in [0.1, 0.15) is 42.5 Å². The van der Waals surface area contributed by atoms with Crippen LogP contribution >= 0.6 is 11.6 Å². The number of halogens is 1. The van der Waals surface area contributed by atoms with Crippen molar-refractivity contribution in [3.63, 3.8) is 0 Å². The summed E-state index contributed by atoms with van der Waals surface area (Å²) in [5, 5.41) is 13.9. The zero-order valence-electron chi connectivity index (χ0n) is 15.4. The number of rotatable bonds is 6. The lowest BCUT2D eigenvalue weighted by Crippen LogP contribution is -2.36. The Morgan fingerprint density at radius 2 is 1.72 bits per heavy atom. The Bertz CT molecular complexity index is 1020. The number of amides is 1. The lowest BCUT2D eigenvalue weighted by molar-refractivity contribution is -0.384. The van der Waals surface area contributed by atoms with Gasteiger partial charge in [0.2, 0.25) is 0 Å². The molecule has 0 spiro atoms. The van der Waals surface area contributed by atoms with Crippen molar-refractivity contribution in [3.8, 4) is 0 Å². The highest BCUT2D eigenvalue weighted by molar-refractivity contribution is 7.92. The fraction of sp³-hybridized carbons (Fsp3) is 0.316. The van der Waals surface area contributed by atoms with Gasteiger partial charge in [0.05, 0.1) is 20.4 Å². The number of carbonyl (C=O) groups excluding carboxylic acids is 1. The zero-order chi connectivity index (χ0) is 21.0. The summed E-state index contributed by atoms with van der Waals surface area (Å²) in [4.78, 5) is 22.6. The van der Waals surface area contributed by atoms with Crippen molar-refractivity contribution in [1.82, 2.24) is 5.32 Å². The predicted molar refractivity (Wildman–Crippen MR) is 110 cm³/mol. The van der Waals surface area contributed by atoms with Crippen LogP contribution in [-0.2, 0) is 10.0 Å². The Kier molecular flexibility index (Phi) is 6.39. The largest absolute Gasteiger partial charge is 0.349 e. The summed E-state index contributed by atoms with van der Waals surface area (Å²) < 4.78 is 27.5. The van der Waals surface area contributed by atoms with Crippen molar-refractivity contribution >= 4 is 38.9 Å². The highest BCUT2D eigenvalue weighted by Gasteiger charge is 2.20. The van der Waals surface area contributed by atoms with Crippen molar-refractivity contribution in [1.29, 1.82) is 0 Å². The number of hydrogen-bond acceptors (Lipinski definition) is 5. The summed E-state index contributed by atoms with van der Waals surface area (Å²) >= 11 is 6.14. The lowest BCUT2D eigenvalue weighted by Gasteiger charge is -2.23. The van der Waals surface area contributed by atoms with Crippen molar-refractivity contribution in [2.24, 2.45) is 0 Å². The maximum Gasteiger partial charge on any atom is 0.269 e. The molecule has 1 amide bonds. The minimum atomic E-state index is -3.99. The van der Waals surface area contributed by atoms with E-state index in [0.717, 1.165) is 56.4 Å². The van der Waals surface area contributed by atoms with Gasteiger partial charge in [-0.3, -0.25) is 19.6 Å². The monoisotopic (exact) mass is 437 g/mol. The van der Waals surface area contributed by atoms with E-state index >= 15 is 0 Å². The van der Waals surface area contributed by atoms with E-state index in [9.17, 15) is 23.3 Å². The molecule has 0 saturated heterocycles. The first kappa shape index (κ1) is 21.1. The van der Waals surface area contributed by atoms with Gasteiger partial charge < -0.3 is 5.32 Å². The number of nitro groups is 1. The zero-order valence-corrected chi connectivity index (χ0v) is 17.0. The molecular formula is C19H20ClN3O5S. The van der Waals surface area contributed by atoms with E-state index in [2.05, 4.69) is 10.0 Å². The quantitative estimate of drug-likeness (QED) is 0.520. The smallest absolute Gasteiger partial charge is 0.269 e. The van der Waals surface area contributed by atoms with Crippen molar-refractivity contribution < 1.29 is 18.1 Å². The van der Waals surface area contributed by atoms with Crippen LogP contribution < -0.4 is 10.0 Å². The second-order valence-corrected chi connectivity index (χ2v) is 8.95. The number of sulfonamides is 1. The molecule has 2 N–H and O–H groups in total. The minimum absolute atomic E-state index is 0.0905. The fourth-order valence-electron chi connectivity index (χ4n) is 3.23. The average molecular weight is 438 g/mol. The molecule has 154 valence electrons. The van der Waals surface area contributed by atoms with Gasteiger partial charge in [0.1, 0.15) is 0 Å². The lowest BCUT2D eigenvalue weighted by atomic mass is 9.95. The third kappa shape index (κ3) is 5.24. The van der Waals surface area contributed by atoms with Crippen LogP contribution in [0, 0.1) is 10.1 Å². The molecule has 2 aromatic rings. The molecule has 8 nitrogen and oxygen atoms in total. The molecule has 10 heteroatoms. The summed E-state index contributed by atoms with van der Waals surface area (Å²) in [6.07, 6.45) is 5.11. The highest BCUT2D eigenvalue weighted by Crippen LogP contribution is 2.25. The molecule has 1 aliphatic rings. The van der Waals surface area contributed by atoms with Gasteiger partial charge in [-0.25, -0.2) is 8.42 Å². The third-order valence-electron chi connectivity index (χ3n) is 4.76. The maximum absolute atomic E-state index is 12.6. The highest BCUT2D eigenvalue weighted by atomic mass is 35.5. The van der Waals surface area contributed by atoms with E-state index in [1.165, 1.54) is 18.2 Å². The van der Waals surface area contributed by atoms with Crippen LogP contribution in [0.25, 0.3) is 0 Å². The van der Waals surface area contributed by atoms with Crippen LogP contribution in [0.2, 0.25) is 5.02 Å². The SMILES string of the molecule is O=C(NC1CCCCC1)c1cc(NS(=O)(=O)c2ccc([N+](=O)[O-])cc2)ccc1Cl. The molecule has 29 heavy (non-hydrogen) atoms. The second-order valence-electron chi connectivity index (χ2n) is 6.86. The number of nitro benzene ring substituents is 1. The summed E-state index contributed by atoms with van der Waals surface area (Å²) in [6, 6.07) is 8.88. The molecular weight excluding hydrogens is 418 g/mol. The number of hydrogen-bond donors (Lipinski definition) is 2. The summed E-state index contributed by atoms with van der Waals surface area (Å²) in [7, 11) is -3.99. The molecule has 0 bridgehead atoms. The first-order chi connectivity index (χ1) is 13.8. The molecule has 0 radical (unpaired) electrons. The number of carbonyl (C=O) groups is 1. The molecule has 0 aliphatic heterocycles. The minimum Gasteiger partial charge on any atom is -0.349 e. The number of anilines is 1. The van der Waals surface area contributed by atoms with Gasteiger partial charge in [-0.2, -0.15) is 0 Å². The Labute approximate surface area is 173 Å². The Morgan fingerprint density at radius 3 is 2.34 bits per heavy atom. The van der Waals surface area contributed by atoms with E-state index < -0.39 is 14.9 Å². The standard InChI is InChI=1S/C19H20ClN3O5S/c20-18-11-6-14(12-17(18)19(24)21-13-4-2-1-3-5-13)22-29(27,28)16-9-7-15(8-10-16)23(25)26/h6-13,22H,1-5H2,(H,21,24). The number of non-ortho nitro benzene ring substituents is 1. The van der Waals surface area contributed by atoms with E-state index in [0.29, 0.717) is 0 Å². The normalized spacial score (nSPS) is 14.9. The Hall–Kier alpha value is -2.65. The Balaban J connectivity index is 1.77. The van der Waals surface area contributed by atoms with E-state index in [1.54, 1.807) is 0 Å². The molecule has 1 aliphatic carbocycles. The molecule has 2 aromatic carbocycles. The van der Waals surface area contributed by atoms with Gasteiger partial charge in [-0.1, -0.05) is 30.9 Å². The predicted octanol–water partition coefficient (Wildman–Crippen LogP) is 4.11. The number of nitrogens with zero attached hydrogens (tertiary/aromatic N) is 1. The van der Waals surface area contributed by atoms with Crippen molar-refractivity contribution in [2.75, 3.05) is 4.72 Å². The average Bonchev–Trinajstić information content (AvgIpc) is 2.70.